The van der Waals surface area contributed by atoms with Crippen molar-refractivity contribution in [1.82, 2.24) is 4.90 Å². The van der Waals surface area contributed by atoms with Crippen LogP contribution in [0, 0.1) is 0 Å². The van der Waals surface area contributed by atoms with Crippen molar-refractivity contribution >= 4 is 5.91 Å². The Balaban J connectivity index is 2.81. The van der Waals surface area contributed by atoms with Crippen molar-refractivity contribution in [1.29, 1.82) is 0 Å². The summed E-state index contributed by atoms with van der Waals surface area (Å²) in [5, 5.41) is 0. The van der Waals surface area contributed by atoms with Gasteiger partial charge in [-0.15, -0.1) is 0 Å². The zero-order chi connectivity index (χ0) is 11.3. The van der Waals surface area contributed by atoms with Gasteiger partial charge in [0.15, 0.2) is 0 Å². The van der Waals surface area contributed by atoms with E-state index in [9.17, 15) is 4.79 Å². The molecule has 0 radical (unpaired) electrons. The number of nitrogens with zero attached hydrogens (tertiary/aromatic N) is 1. The van der Waals surface area contributed by atoms with E-state index in [4.69, 9.17) is 0 Å². The van der Waals surface area contributed by atoms with Gasteiger partial charge in [-0.1, -0.05) is 12.2 Å². The highest BCUT2D eigenvalue weighted by molar-refractivity contribution is 5.89. The van der Waals surface area contributed by atoms with Crippen LogP contribution in [-0.4, -0.2) is 16.8 Å². The normalized spacial score (nSPS) is 16.9. The van der Waals surface area contributed by atoms with E-state index >= 15 is 0 Å². The quantitative estimate of drug-likeness (QED) is 0.650. The van der Waals surface area contributed by atoms with E-state index in [2.05, 4.69) is 19.9 Å². The average Bonchev–Trinajstić information content (AvgIpc) is 2.19. The van der Waals surface area contributed by atoms with Crippen molar-refractivity contribution in [3.63, 3.8) is 0 Å². The highest BCUT2D eigenvalue weighted by atomic mass is 16.2. The van der Waals surface area contributed by atoms with Gasteiger partial charge in [0.2, 0.25) is 0 Å². The van der Waals surface area contributed by atoms with Gasteiger partial charge in [0, 0.05) is 11.7 Å². The molecule has 0 atom stereocenters. The van der Waals surface area contributed by atoms with Crippen LogP contribution >= 0.6 is 0 Å². The summed E-state index contributed by atoms with van der Waals surface area (Å²) >= 11 is 0. The van der Waals surface area contributed by atoms with Gasteiger partial charge in [-0.2, -0.15) is 0 Å². The number of carbonyl (C=O) groups is 1. The number of carbonyl (C=O) groups excluding carboxylic acids is 1. The summed E-state index contributed by atoms with van der Waals surface area (Å²) in [4.78, 5) is 13.8. The Bertz CT molecular complexity index is 276. The van der Waals surface area contributed by atoms with Gasteiger partial charge in [0.1, 0.15) is 0 Å². The zero-order valence-electron chi connectivity index (χ0n) is 9.99. The lowest BCUT2D eigenvalue weighted by atomic mass is 10.0. The van der Waals surface area contributed by atoms with E-state index in [-0.39, 0.29) is 11.9 Å². The molecule has 1 aliphatic rings. The minimum absolute atomic E-state index is 0.112. The van der Waals surface area contributed by atoms with Gasteiger partial charge in [0.05, 0.1) is 0 Å². The summed E-state index contributed by atoms with van der Waals surface area (Å²) in [5.74, 6) is 0.112. The molecule has 0 N–H and O–H groups in total. The lowest BCUT2D eigenvalue weighted by molar-refractivity contribution is -0.125. The van der Waals surface area contributed by atoms with Gasteiger partial charge < -0.3 is 4.90 Å². The molecule has 1 aliphatic carbocycles. The van der Waals surface area contributed by atoms with Crippen LogP contribution in [0.2, 0.25) is 0 Å². The van der Waals surface area contributed by atoms with Crippen LogP contribution in [0.5, 0.6) is 0 Å². The topological polar surface area (TPSA) is 20.3 Å². The van der Waals surface area contributed by atoms with Crippen LogP contribution in [0.4, 0.5) is 0 Å². The van der Waals surface area contributed by atoms with E-state index in [1.54, 1.807) is 12.2 Å². The molecule has 0 fully saturated rings. The minimum Gasteiger partial charge on any atom is -0.311 e. The van der Waals surface area contributed by atoms with Crippen LogP contribution in [0.25, 0.3) is 0 Å². The maximum absolute atomic E-state index is 11.9. The fourth-order valence-corrected chi connectivity index (χ4v) is 1.99. The summed E-state index contributed by atoms with van der Waals surface area (Å²) in [6.45, 7) is 6.01. The second kappa shape index (κ2) is 5.74. The first-order valence-corrected chi connectivity index (χ1v) is 5.81. The first kappa shape index (κ1) is 12.0. The summed E-state index contributed by atoms with van der Waals surface area (Å²) in [7, 11) is 0. The lowest BCUT2D eigenvalue weighted by Gasteiger charge is -2.30. The first-order valence-electron chi connectivity index (χ1n) is 5.81. The Morgan fingerprint density at radius 3 is 2.67 bits per heavy atom. The van der Waals surface area contributed by atoms with Crippen LogP contribution in [0.3, 0.4) is 0 Å². The molecule has 0 bridgehead atoms. The van der Waals surface area contributed by atoms with Crippen LogP contribution in [0.1, 0.15) is 46.5 Å². The maximum Gasteiger partial charge on any atom is 0.250 e. The molecule has 1 amide bonds. The third kappa shape index (κ3) is 3.22. The highest BCUT2D eigenvalue weighted by Gasteiger charge is 2.19. The molecule has 15 heavy (non-hydrogen) atoms. The molecule has 0 aliphatic heterocycles. The second-order valence-electron chi connectivity index (χ2n) is 4.24. The summed E-state index contributed by atoms with van der Waals surface area (Å²) in [6, 6.07) is 0.248. The molecule has 0 aromatic rings. The lowest BCUT2D eigenvalue weighted by Crippen LogP contribution is -2.35. The van der Waals surface area contributed by atoms with Crippen molar-refractivity contribution in [2.45, 2.75) is 52.5 Å². The Labute approximate surface area is 92.7 Å². The summed E-state index contributed by atoms with van der Waals surface area (Å²) in [5.41, 5.74) is 1.21. The Morgan fingerprint density at radius 1 is 1.47 bits per heavy atom. The first-order chi connectivity index (χ1) is 7.16. The third-order valence-corrected chi connectivity index (χ3v) is 2.64. The van der Waals surface area contributed by atoms with Gasteiger partial charge in [-0.25, -0.2) is 0 Å². The van der Waals surface area contributed by atoms with Crippen molar-refractivity contribution in [2.24, 2.45) is 0 Å². The molecular weight excluding hydrogens is 186 g/mol. The predicted octanol–water partition coefficient (Wildman–Crippen LogP) is 3.26. The highest BCUT2D eigenvalue weighted by Crippen LogP contribution is 2.23. The van der Waals surface area contributed by atoms with Gasteiger partial charge in [0.25, 0.3) is 5.91 Å². The molecule has 0 aromatic carbocycles. The van der Waals surface area contributed by atoms with E-state index in [1.807, 2.05) is 11.8 Å². The predicted molar refractivity (Wildman–Crippen MR) is 63.3 cm³/mol. The minimum atomic E-state index is 0.112. The van der Waals surface area contributed by atoms with Crippen molar-refractivity contribution in [3.05, 3.63) is 23.9 Å². The van der Waals surface area contributed by atoms with E-state index in [0.717, 1.165) is 12.8 Å². The molecule has 0 aromatic heterocycles. The number of hydrogen-bond acceptors (Lipinski definition) is 1. The largest absolute Gasteiger partial charge is 0.311 e. The number of hydrogen-bond donors (Lipinski definition) is 0. The van der Waals surface area contributed by atoms with Crippen molar-refractivity contribution < 1.29 is 4.79 Å². The Hall–Kier alpha value is -1.05. The number of allylic oxidation sites excluding steroid dienone is 3. The molecule has 1 rings (SSSR count). The van der Waals surface area contributed by atoms with Gasteiger partial charge >= 0.3 is 0 Å². The van der Waals surface area contributed by atoms with Crippen molar-refractivity contribution in [3.8, 4) is 0 Å². The molecule has 0 heterocycles. The number of amides is 1. The fraction of sp³-hybridized carbons (Fsp3) is 0.615. The van der Waals surface area contributed by atoms with Crippen LogP contribution < -0.4 is 0 Å². The molecule has 0 saturated heterocycles. The molecule has 0 unspecified atom stereocenters. The van der Waals surface area contributed by atoms with Crippen molar-refractivity contribution in [2.75, 3.05) is 0 Å². The summed E-state index contributed by atoms with van der Waals surface area (Å²) in [6.07, 6.45) is 10.3. The molecule has 2 nitrogen and oxygen atoms in total. The SMILES string of the molecule is C/C=C/C(=O)N(C1=CCCCC1)C(C)C. The van der Waals surface area contributed by atoms with E-state index in [1.165, 1.54) is 18.5 Å². The average molecular weight is 207 g/mol. The van der Waals surface area contributed by atoms with Gasteiger partial charge in [-0.3, -0.25) is 4.79 Å². The second-order valence-corrected chi connectivity index (χ2v) is 4.24. The Kier molecular flexibility index (Phi) is 4.60. The zero-order valence-corrected chi connectivity index (χ0v) is 9.99. The van der Waals surface area contributed by atoms with E-state index in [0.29, 0.717) is 0 Å². The smallest absolute Gasteiger partial charge is 0.250 e. The molecule has 0 saturated carbocycles. The molecular formula is C13H21NO. The fourth-order valence-electron chi connectivity index (χ4n) is 1.99. The standard InChI is InChI=1S/C13H21NO/c1-4-8-13(15)14(11(2)3)12-9-6-5-7-10-12/h4,8-9,11H,5-7,10H2,1-3H3/b8-4+. The molecule has 84 valence electrons. The van der Waals surface area contributed by atoms with Crippen LogP contribution in [0.15, 0.2) is 23.9 Å². The molecule has 0 spiro atoms. The molecule has 2 heteroatoms. The monoisotopic (exact) mass is 207 g/mol. The van der Waals surface area contributed by atoms with Crippen LogP contribution in [-0.2, 0) is 4.79 Å². The number of rotatable bonds is 3. The van der Waals surface area contributed by atoms with Gasteiger partial charge in [-0.05, 0) is 52.5 Å². The Morgan fingerprint density at radius 2 is 2.20 bits per heavy atom. The third-order valence-electron chi connectivity index (χ3n) is 2.64. The maximum atomic E-state index is 11.9. The van der Waals surface area contributed by atoms with E-state index < -0.39 is 0 Å². The summed E-state index contributed by atoms with van der Waals surface area (Å²) < 4.78 is 0.